The maximum Gasteiger partial charge on any atom is 0.418 e. The van der Waals surface area contributed by atoms with Crippen LogP contribution >= 0.6 is 11.3 Å². The summed E-state index contributed by atoms with van der Waals surface area (Å²) < 4.78 is 54.1. The highest BCUT2D eigenvalue weighted by Gasteiger charge is 2.58. The minimum atomic E-state index is -5.13. The number of carbonyl (C=O) groups is 5. The van der Waals surface area contributed by atoms with Gasteiger partial charge in [0.15, 0.2) is 16.9 Å². The van der Waals surface area contributed by atoms with Gasteiger partial charge in [-0.15, -0.1) is 15.6 Å². The molecule has 3 heterocycles. The molecule has 6 N–H and O–H groups in total. The molecule has 6 rings (SSSR count). The molecule has 3 aromatic carbocycles. The van der Waals surface area contributed by atoms with Gasteiger partial charge in [0.05, 0.1) is 5.54 Å². The standard InChI is InChI=1S/C45H52N8O14S2/c1-26-33(48-41(68-26)50-42(57)65-44(2,3)4)34(38(54)49-36-39(55)53(45(36,5)6)67-69(60,61)62)51-66-32(40(56)64-35(27-14-9-7-10-15-27)28-16-11-8-12-17-28)25-63-31-21-19-29(20-22-31)37(46)47-30-18-13-23-52(24-30)43(58)59/h7-12,14-17,19-22,30,32,35-36H,13,18,23-25H2,1-6H3,(H2,46,47)(H,49,54)(H,58,59)(H,48,50,57)(H,60,61,62)/b51-34-/t30-,32+,36-/m1/s1. The molecular weight excluding hydrogens is 941 g/mol. The summed E-state index contributed by atoms with van der Waals surface area (Å²) in [6.07, 6.45) is -3.23. The third kappa shape index (κ3) is 13.5. The molecule has 0 aliphatic carbocycles. The number of carboxylic acid groups (broad SMARTS) is 1. The number of amidine groups is 1. The van der Waals surface area contributed by atoms with Crippen LogP contribution in [0.1, 0.15) is 80.8 Å². The van der Waals surface area contributed by atoms with Crippen molar-refractivity contribution >= 4 is 68.4 Å². The lowest BCUT2D eigenvalue weighted by atomic mass is 9.84. The largest absolute Gasteiger partial charge is 0.489 e. The Labute approximate surface area is 401 Å². The van der Waals surface area contributed by atoms with E-state index in [1.54, 1.807) is 113 Å². The van der Waals surface area contributed by atoms with Crippen molar-refractivity contribution in [2.75, 3.05) is 25.0 Å². The van der Waals surface area contributed by atoms with E-state index < -0.39 is 82.1 Å². The van der Waals surface area contributed by atoms with E-state index in [-0.39, 0.29) is 35.0 Å². The summed E-state index contributed by atoms with van der Waals surface area (Å²) in [5.74, 6) is -2.85. The van der Waals surface area contributed by atoms with Gasteiger partial charge in [-0.2, -0.15) is 13.5 Å². The summed E-state index contributed by atoms with van der Waals surface area (Å²) in [5, 5.41) is 30.6. The van der Waals surface area contributed by atoms with Gasteiger partial charge in [-0.3, -0.25) is 24.9 Å². The Kier molecular flexibility index (Phi) is 15.9. The van der Waals surface area contributed by atoms with E-state index in [0.29, 0.717) is 46.0 Å². The second-order valence-electron chi connectivity index (χ2n) is 17.3. The molecule has 0 spiro atoms. The predicted molar refractivity (Wildman–Crippen MR) is 249 cm³/mol. The number of rotatable bonds is 17. The Balaban J connectivity index is 1.31. The molecule has 22 nitrogen and oxygen atoms in total. The second kappa shape index (κ2) is 21.4. The van der Waals surface area contributed by atoms with E-state index in [1.165, 1.54) is 18.7 Å². The minimum Gasteiger partial charge on any atom is -0.489 e. The summed E-state index contributed by atoms with van der Waals surface area (Å²) >= 11 is 0.935. The quantitative estimate of drug-likeness (QED) is 0.0198. The Morgan fingerprint density at radius 3 is 2.17 bits per heavy atom. The van der Waals surface area contributed by atoms with Crippen LogP contribution in [0.3, 0.4) is 0 Å². The number of likely N-dealkylation sites (tertiary alicyclic amines) is 1. The number of aromatic nitrogens is 1. The highest BCUT2D eigenvalue weighted by molar-refractivity contribution is 7.80. The Morgan fingerprint density at radius 2 is 1.61 bits per heavy atom. The fraction of sp³-hybridized carbons (Fsp3) is 0.378. The van der Waals surface area contributed by atoms with Crippen molar-refractivity contribution in [3.8, 4) is 5.75 Å². The second-order valence-corrected chi connectivity index (χ2v) is 19.5. The number of ether oxygens (including phenoxy) is 3. The van der Waals surface area contributed by atoms with Crippen LogP contribution in [0.5, 0.6) is 5.75 Å². The lowest BCUT2D eigenvalue weighted by Gasteiger charge is -2.50. The molecule has 368 valence electrons. The molecule has 4 amide bonds. The van der Waals surface area contributed by atoms with Gasteiger partial charge in [0.25, 0.3) is 17.9 Å². The molecule has 24 heteroatoms. The monoisotopic (exact) mass is 992 g/mol. The molecule has 0 bridgehead atoms. The number of nitrogens with one attached hydrogen (secondary N) is 4. The Bertz CT molecular complexity index is 2640. The molecule has 69 heavy (non-hydrogen) atoms. The van der Waals surface area contributed by atoms with Crippen LogP contribution in [-0.4, -0.2) is 124 Å². The molecule has 2 fully saturated rings. The van der Waals surface area contributed by atoms with Gasteiger partial charge in [-0.1, -0.05) is 65.8 Å². The number of esters is 1. The number of oxime groups is 1. The van der Waals surface area contributed by atoms with Crippen molar-refractivity contribution in [1.82, 2.24) is 25.6 Å². The molecule has 2 saturated heterocycles. The van der Waals surface area contributed by atoms with Crippen LogP contribution in [0.2, 0.25) is 0 Å². The van der Waals surface area contributed by atoms with E-state index in [2.05, 4.69) is 30.4 Å². The number of carbonyl (C=O) groups excluding carboxylic acids is 4. The fourth-order valence-electron chi connectivity index (χ4n) is 7.15. The summed E-state index contributed by atoms with van der Waals surface area (Å²) in [7, 11) is -5.13. The van der Waals surface area contributed by atoms with Crippen molar-refractivity contribution in [2.24, 2.45) is 5.16 Å². The van der Waals surface area contributed by atoms with Crippen LogP contribution in [-0.2, 0) is 43.4 Å². The zero-order valence-electron chi connectivity index (χ0n) is 38.3. The first-order valence-corrected chi connectivity index (χ1v) is 23.6. The Hall–Kier alpha value is -7.15. The van der Waals surface area contributed by atoms with Gasteiger partial charge in [-0.25, -0.2) is 19.4 Å². The zero-order valence-corrected chi connectivity index (χ0v) is 40.0. The van der Waals surface area contributed by atoms with Crippen LogP contribution in [0.15, 0.2) is 90.1 Å². The summed E-state index contributed by atoms with van der Waals surface area (Å²) in [4.78, 5) is 77.8. The van der Waals surface area contributed by atoms with E-state index in [0.717, 1.165) is 11.3 Å². The fourth-order valence-corrected chi connectivity index (χ4v) is 8.41. The third-order valence-electron chi connectivity index (χ3n) is 10.5. The molecule has 0 saturated carbocycles. The van der Waals surface area contributed by atoms with E-state index in [9.17, 15) is 42.0 Å². The maximum atomic E-state index is 14.4. The van der Waals surface area contributed by atoms with Crippen LogP contribution in [0.25, 0.3) is 0 Å². The molecule has 1 aromatic heterocycles. The Morgan fingerprint density at radius 1 is 0.986 bits per heavy atom. The molecule has 2 aliphatic rings. The summed E-state index contributed by atoms with van der Waals surface area (Å²) in [6.45, 7) is 9.31. The van der Waals surface area contributed by atoms with E-state index >= 15 is 0 Å². The summed E-state index contributed by atoms with van der Waals surface area (Å²) in [6, 6.07) is 22.3. The number of β-lactam (4-membered cyclic amide) rings is 1. The topological polar surface area (TPSA) is 298 Å². The van der Waals surface area contributed by atoms with Gasteiger partial charge in [0.1, 0.15) is 35.5 Å². The predicted octanol–water partition coefficient (Wildman–Crippen LogP) is 5.20. The first-order valence-electron chi connectivity index (χ1n) is 21.4. The van der Waals surface area contributed by atoms with Gasteiger partial charge in [-0.05, 0) is 89.8 Å². The number of piperidine rings is 1. The number of nitrogens with zero attached hydrogens (tertiary/aromatic N) is 4. The first-order chi connectivity index (χ1) is 32.5. The number of aryl methyl sites for hydroxylation is 1. The average Bonchev–Trinajstić information content (AvgIpc) is 3.65. The highest BCUT2D eigenvalue weighted by atomic mass is 32.3. The first kappa shape index (κ1) is 51.2. The van der Waals surface area contributed by atoms with Gasteiger partial charge < -0.3 is 39.7 Å². The smallest absolute Gasteiger partial charge is 0.418 e. The SMILES string of the molecule is Cc1sc(NC(=O)OC(C)(C)C)nc1/C(=N/O[C@@H](COc1ccc(C(=N)N[C@@H]2CCCN(C(=O)O)C2)cc1)C(=O)OC(c1ccccc1)c1ccccc1)C(=O)N[C@@H]1C(=O)N(OS(=O)(=O)O)C1(C)C. The maximum absolute atomic E-state index is 14.4. The van der Waals surface area contributed by atoms with Crippen LogP contribution < -0.4 is 20.7 Å². The van der Waals surface area contributed by atoms with Crippen LogP contribution in [0, 0.1) is 12.3 Å². The number of hydrogen-bond donors (Lipinski definition) is 6. The average molecular weight is 993 g/mol. The van der Waals surface area contributed by atoms with Gasteiger partial charge >= 0.3 is 28.6 Å². The number of thiazole rings is 1. The zero-order chi connectivity index (χ0) is 50.3. The van der Waals surface area contributed by atoms with Crippen molar-refractivity contribution in [3.63, 3.8) is 0 Å². The normalized spacial score (nSPS) is 17.5. The number of hydroxylamine groups is 2. The lowest BCUT2D eigenvalue weighted by molar-refractivity contribution is -0.218. The molecule has 0 radical (unpaired) electrons. The minimum absolute atomic E-state index is 0.0226. The van der Waals surface area contributed by atoms with Crippen molar-refractivity contribution < 1.29 is 65.4 Å². The van der Waals surface area contributed by atoms with Crippen LogP contribution in [0.4, 0.5) is 14.7 Å². The van der Waals surface area contributed by atoms with Gasteiger partial charge in [0, 0.05) is 29.6 Å². The highest BCUT2D eigenvalue weighted by Crippen LogP contribution is 2.34. The van der Waals surface area contributed by atoms with E-state index in [1.807, 2.05) is 0 Å². The number of anilines is 1. The molecule has 4 aromatic rings. The van der Waals surface area contributed by atoms with Crippen molar-refractivity contribution in [2.45, 2.75) is 89.8 Å². The third-order valence-corrected chi connectivity index (χ3v) is 11.7. The number of hydrogen-bond acceptors (Lipinski definition) is 16. The number of benzene rings is 3. The number of amides is 4. The molecule has 3 atom stereocenters. The van der Waals surface area contributed by atoms with E-state index in [4.69, 9.17) is 24.5 Å². The van der Waals surface area contributed by atoms with Gasteiger partial charge in [0.2, 0.25) is 0 Å². The molecule has 0 unspecified atom stereocenters. The molecule has 2 aliphatic heterocycles. The van der Waals surface area contributed by atoms with Crippen molar-refractivity contribution in [3.05, 3.63) is 112 Å². The lowest BCUT2D eigenvalue weighted by Crippen LogP contribution is -2.76. The molecular formula is C45H52N8O14S2. The summed E-state index contributed by atoms with van der Waals surface area (Å²) in [5.41, 5.74) is -1.48. The van der Waals surface area contributed by atoms with Crippen molar-refractivity contribution in [1.29, 1.82) is 5.41 Å².